The number of unbranched alkanes of at least 4 members (excludes halogenated alkanes) is 2. The molecule has 0 atom stereocenters. The Morgan fingerprint density at radius 2 is 2.05 bits per heavy atom. The van der Waals surface area contributed by atoms with Gasteiger partial charge in [0, 0.05) is 17.6 Å². The molecule has 106 valence electrons. The van der Waals surface area contributed by atoms with Crippen molar-refractivity contribution >= 4 is 23.3 Å². The van der Waals surface area contributed by atoms with Crippen molar-refractivity contribution in [3.05, 3.63) is 28.8 Å². The quantitative estimate of drug-likeness (QED) is 0.752. The Morgan fingerprint density at radius 1 is 1.37 bits per heavy atom. The molecule has 1 N–H and O–H groups in total. The Hall–Kier alpha value is -1.22. The Kier molecular flexibility index (Phi) is 6.16. The fourth-order valence-electron chi connectivity index (χ4n) is 2.11. The summed E-state index contributed by atoms with van der Waals surface area (Å²) in [6, 6.07) is 5.19. The lowest BCUT2D eigenvalue weighted by molar-refractivity contribution is 0.0697. The summed E-state index contributed by atoms with van der Waals surface area (Å²) in [5.74, 6) is -0.909. The van der Waals surface area contributed by atoms with E-state index >= 15 is 0 Å². The molecule has 0 aliphatic rings. The first kappa shape index (κ1) is 15.8. The van der Waals surface area contributed by atoms with Gasteiger partial charge in [0.2, 0.25) is 0 Å². The van der Waals surface area contributed by atoms with Crippen molar-refractivity contribution in [2.45, 2.75) is 46.1 Å². The third-order valence-corrected chi connectivity index (χ3v) is 3.36. The second-order valence-corrected chi connectivity index (χ2v) is 5.40. The van der Waals surface area contributed by atoms with E-state index in [-0.39, 0.29) is 6.04 Å². The van der Waals surface area contributed by atoms with Crippen molar-refractivity contribution in [3.63, 3.8) is 0 Å². The molecule has 19 heavy (non-hydrogen) atoms. The summed E-state index contributed by atoms with van der Waals surface area (Å²) < 4.78 is 0. The van der Waals surface area contributed by atoms with Crippen molar-refractivity contribution in [1.29, 1.82) is 0 Å². The summed E-state index contributed by atoms with van der Waals surface area (Å²) in [7, 11) is 0. The van der Waals surface area contributed by atoms with Gasteiger partial charge >= 0.3 is 5.97 Å². The molecular weight excluding hydrogens is 262 g/mol. The van der Waals surface area contributed by atoms with Gasteiger partial charge in [-0.3, -0.25) is 0 Å². The standard InChI is InChI=1S/C15H22ClNO2/c1-4-5-6-9-17(11(2)3)14-10-12(16)7-8-13(14)15(18)19/h7-8,10-11H,4-6,9H2,1-3H3,(H,18,19). The summed E-state index contributed by atoms with van der Waals surface area (Å²) in [6.45, 7) is 7.14. The van der Waals surface area contributed by atoms with Crippen LogP contribution in [0, 0.1) is 0 Å². The van der Waals surface area contributed by atoms with Crippen LogP contribution in [0.15, 0.2) is 18.2 Å². The van der Waals surface area contributed by atoms with Gasteiger partial charge in [-0.2, -0.15) is 0 Å². The van der Waals surface area contributed by atoms with Crippen molar-refractivity contribution in [3.8, 4) is 0 Å². The molecule has 4 heteroatoms. The maximum Gasteiger partial charge on any atom is 0.337 e. The summed E-state index contributed by atoms with van der Waals surface area (Å²) in [6.07, 6.45) is 3.35. The number of carbonyl (C=O) groups is 1. The molecule has 0 saturated carbocycles. The fourth-order valence-corrected chi connectivity index (χ4v) is 2.28. The van der Waals surface area contributed by atoms with Crippen LogP contribution < -0.4 is 4.90 Å². The molecular formula is C15H22ClNO2. The molecule has 0 radical (unpaired) electrons. The number of benzene rings is 1. The fraction of sp³-hybridized carbons (Fsp3) is 0.533. The zero-order valence-corrected chi connectivity index (χ0v) is 12.6. The number of halogens is 1. The van der Waals surface area contributed by atoms with E-state index in [0.717, 1.165) is 25.8 Å². The zero-order valence-electron chi connectivity index (χ0n) is 11.8. The molecule has 0 fully saturated rings. The molecule has 3 nitrogen and oxygen atoms in total. The van der Waals surface area contributed by atoms with E-state index in [1.54, 1.807) is 18.2 Å². The molecule has 0 aliphatic carbocycles. The van der Waals surface area contributed by atoms with Crippen LogP contribution in [0.5, 0.6) is 0 Å². The second-order valence-electron chi connectivity index (χ2n) is 4.96. The number of aromatic carboxylic acids is 1. The van der Waals surface area contributed by atoms with Gasteiger partial charge in [0.1, 0.15) is 0 Å². The van der Waals surface area contributed by atoms with E-state index in [1.807, 2.05) is 0 Å². The Balaban J connectivity index is 3.06. The monoisotopic (exact) mass is 283 g/mol. The van der Waals surface area contributed by atoms with Crippen LogP contribution in [0.25, 0.3) is 0 Å². The zero-order chi connectivity index (χ0) is 14.4. The van der Waals surface area contributed by atoms with Crippen LogP contribution in [0.3, 0.4) is 0 Å². The first-order valence-electron chi connectivity index (χ1n) is 6.76. The van der Waals surface area contributed by atoms with E-state index in [9.17, 15) is 9.90 Å². The second kappa shape index (κ2) is 7.39. The molecule has 0 spiro atoms. The van der Waals surface area contributed by atoms with Crippen molar-refractivity contribution in [2.24, 2.45) is 0 Å². The molecule has 0 heterocycles. The Morgan fingerprint density at radius 3 is 2.58 bits per heavy atom. The smallest absolute Gasteiger partial charge is 0.337 e. The van der Waals surface area contributed by atoms with Crippen molar-refractivity contribution in [2.75, 3.05) is 11.4 Å². The highest BCUT2D eigenvalue weighted by atomic mass is 35.5. The largest absolute Gasteiger partial charge is 0.478 e. The number of anilines is 1. The van der Waals surface area contributed by atoms with E-state index in [0.29, 0.717) is 16.3 Å². The van der Waals surface area contributed by atoms with Gasteiger partial charge in [0.15, 0.2) is 0 Å². The molecule has 0 amide bonds. The minimum atomic E-state index is -0.909. The van der Waals surface area contributed by atoms with E-state index in [2.05, 4.69) is 25.7 Å². The van der Waals surface area contributed by atoms with Gasteiger partial charge in [0.05, 0.1) is 11.3 Å². The SMILES string of the molecule is CCCCCN(c1cc(Cl)ccc1C(=O)O)C(C)C. The average molecular weight is 284 g/mol. The first-order valence-corrected chi connectivity index (χ1v) is 7.14. The highest BCUT2D eigenvalue weighted by Crippen LogP contribution is 2.27. The molecule has 0 bridgehead atoms. The summed E-state index contributed by atoms with van der Waals surface area (Å²) in [4.78, 5) is 13.4. The molecule has 0 saturated heterocycles. The van der Waals surface area contributed by atoms with E-state index in [4.69, 9.17) is 11.6 Å². The van der Waals surface area contributed by atoms with Gasteiger partial charge in [-0.1, -0.05) is 31.4 Å². The number of nitrogens with zero attached hydrogens (tertiary/aromatic N) is 1. The lowest BCUT2D eigenvalue weighted by Crippen LogP contribution is -2.33. The highest BCUT2D eigenvalue weighted by Gasteiger charge is 2.18. The van der Waals surface area contributed by atoms with E-state index in [1.165, 1.54) is 0 Å². The molecule has 0 unspecified atom stereocenters. The maximum absolute atomic E-state index is 11.3. The lowest BCUT2D eigenvalue weighted by Gasteiger charge is -2.30. The van der Waals surface area contributed by atoms with Crippen LogP contribution in [0.1, 0.15) is 50.4 Å². The molecule has 0 aromatic heterocycles. The van der Waals surface area contributed by atoms with Crippen molar-refractivity contribution < 1.29 is 9.90 Å². The molecule has 1 aromatic rings. The van der Waals surface area contributed by atoms with Crippen LogP contribution in [0.4, 0.5) is 5.69 Å². The minimum absolute atomic E-state index is 0.244. The molecule has 0 aliphatic heterocycles. The summed E-state index contributed by atoms with van der Waals surface area (Å²) in [5.41, 5.74) is 1.03. The summed E-state index contributed by atoms with van der Waals surface area (Å²) in [5, 5.41) is 9.86. The van der Waals surface area contributed by atoms with Crippen molar-refractivity contribution in [1.82, 2.24) is 0 Å². The normalized spacial score (nSPS) is 10.8. The Bertz CT molecular complexity index is 432. The number of hydrogen-bond acceptors (Lipinski definition) is 2. The van der Waals surface area contributed by atoms with Gasteiger partial charge in [0.25, 0.3) is 0 Å². The first-order chi connectivity index (χ1) is 8.97. The minimum Gasteiger partial charge on any atom is -0.478 e. The number of hydrogen-bond donors (Lipinski definition) is 1. The molecule has 1 rings (SSSR count). The number of carboxylic acids is 1. The maximum atomic E-state index is 11.3. The van der Waals surface area contributed by atoms with Crippen LogP contribution in [-0.4, -0.2) is 23.7 Å². The predicted octanol–water partition coefficient (Wildman–Crippen LogP) is 4.44. The number of carboxylic acid groups (broad SMARTS) is 1. The van der Waals surface area contributed by atoms with Gasteiger partial charge in [-0.25, -0.2) is 4.79 Å². The third kappa shape index (κ3) is 4.43. The van der Waals surface area contributed by atoms with E-state index < -0.39 is 5.97 Å². The average Bonchev–Trinajstić information content (AvgIpc) is 2.33. The summed E-state index contributed by atoms with van der Waals surface area (Å²) >= 11 is 6.01. The topological polar surface area (TPSA) is 40.5 Å². The van der Waals surface area contributed by atoms with Crippen LogP contribution in [0.2, 0.25) is 5.02 Å². The molecule has 1 aromatic carbocycles. The lowest BCUT2D eigenvalue weighted by atomic mass is 10.1. The van der Waals surface area contributed by atoms with Crippen LogP contribution in [-0.2, 0) is 0 Å². The van der Waals surface area contributed by atoms with Gasteiger partial charge in [-0.15, -0.1) is 0 Å². The number of rotatable bonds is 7. The Labute approximate surface area is 120 Å². The predicted molar refractivity (Wildman–Crippen MR) is 80.4 cm³/mol. The third-order valence-electron chi connectivity index (χ3n) is 3.13. The van der Waals surface area contributed by atoms with Crippen LogP contribution >= 0.6 is 11.6 Å². The highest BCUT2D eigenvalue weighted by molar-refractivity contribution is 6.31. The van der Waals surface area contributed by atoms with Gasteiger partial charge < -0.3 is 10.0 Å². The van der Waals surface area contributed by atoms with Gasteiger partial charge in [-0.05, 0) is 38.5 Å².